The van der Waals surface area contributed by atoms with Crippen molar-refractivity contribution in [2.45, 2.75) is 225 Å². The zero-order valence-electron chi connectivity index (χ0n) is 46.0. The van der Waals surface area contributed by atoms with E-state index in [0.717, 1.165) is 122 Å². The third kappa shape index (κ3) is 39.9. The van der Waals surface area contributed by atoms with Crippen LogP contribution in [-0.2, 0) is 42.9 Å². The van der Waals surface area contributed by atoms with Crippen LogP contribution in [0.15, 0.2) is 134 Å². The fourth-order valence-electron chi connectivity index (χ4n) is 7.49. The van der Waals surface area contributed by atoms with E-state index in [1.165, 1.54) is 0 Å². The number of esters is 3. The van der Waals surface area contributed by atoms with Crippen molar-refractivity contribution in [3.8, 4) is 0 Å². The van der Waals surface area contributed by atoms with E-state index in [2.05, 4.69) is 148 Å². The molecule has 12 heteroatoms. The second-order valence-corrected chi connectivity index (χ2v) is 18.4. The smallest absolute Gasteiger partial charge is 0.335 e. The molecule has 420 valence electrons. The molecule has 0 aromatic carbocycles. The first-order valence-electron chi connectivity index (χ1n) is 28.2. The summed E-state index contributed by atoms with van der Waals surface area (Å²) >= 11 is 0. The molecule has 75 heavy (non-hydrogen) atoms. The molecule has 1 heterocycles. The number of carboxylic acids is 1. The quantitative estimate of drug-likeness (QED) is 0.0228. The minimum atomic E-state index is -1.93. The molecule has 1 aliphatic rings. The predicted octanol–water partition coefficient (Wildman–Crippen LogP) is 14.2. The van der Waals surface area contributed by atoms with Crippen LogP contribution in [0.5, 0.6) is 0 Å². The summed E-state index contributed by atoms with van der Waals surface area (Å²) < 4.78 is 28.3. The van der Waals surface area contributed by atoms with Crippen molar-refractivity contribution in [2.24, 2.45) is 0 Å². The van der Waals surface area contributed by atoms with Crippen LogP contribution in [0.25, 0.3) is 0 Å². The first kappa shape index (κ1) is 67.9. The molecule has 0 aliphatic carbocycles. The molecular weight excluding hydrogens is 949 g/mol. The maximum Gasteiger partial charge on any atom is 0.335 e. The zero-order valence-corrected chi connectivity index (χ0v) is 46.0. The van der Waals surface area contributed by atoms with Gasteiger partial charge in [-0.3, -0.25) is 14.4 Å². The van der Waals surface area contributed by atoms with E-state index in [-0.39, 0.29) is 25.9 Å². The van der Waals surface area contributed by atoms with Gasteiger partial charge >= 0.3 is 23.9 Å². The highest BCUT2D eigenvalue weighted by Gasteiger charge is 2.50. The molecule has 0 amide bonds. The van der Waals surface area contributed by atoms with Gasteiger partial charge < -0.3 is 39.0 Å². The first-order chi connectivity index (χ1) is 36.6. The van der Waals surface area contributed by atoms with Gasteiger partial charge in [-0.25, -0.2) is 4.79 Å². The number of rotatable bonds is 45. The Kier molecular flexibility index (Phi) is 45.0. The van der Waals surface area contributed by atoms with Crippen LogP contribution in [0.3, 0.4) is 0 Å². The third-order valence-electron chi connectivity index (χ3n) is 11.7. The molecular formula is C63H96O12. The summed E-state index contributed by atoms with van der Waals surface area (Å²) in [7, 11) is 0. The van der Waals surface area contributed by atoms with Crippen molar-refractivity contribution in [1.82, 2.24) is 0 Å². The molecule has 6 atom stereocenters. The third-order valence-corrected chi connectivity index (χ3v) is 11.7. The molecule has 0 aromatic rings. The van der Waals surface area contributed by atoms with Crippen molar-refractivity contribution in [3.63, 3.8) is 0 Å². The maximum absolute atomic E-state index is 13.1. The summed E-state index contributed by atoms with van der Waals surface area (Å²) in [6, 6.07) is 0. The van der Waals surface area contributed by atoms with Gasteiger partial charge in [0, 0.05) is 19.3 Å². The molecule has 6 unspecified atom stereocenters. The fraction of sp³-hybridized carbons (Fsp3) is 0.587. The minimum Gasteiger partial charge on any atom is -0.479 e. The SMILES string of the molecule is CC/C=C\C/C=C\C/C=C\C/C=C\C/C=C\CCCC(=O)OCC(COC1OC(C(=O)O)C(O)C(O)C1OC(=O)CCCCC/C=C\C/C=C\C/C=C\CC)OC(=O)CCCCCCC/C=C\C/C=C\C/C=C\CC. The summed E-state index contributed by atoms with van der Waals surface area (Å²) in [5, 5.41) is 31.4. The lowest BCUT2D eigenvalue weighted by molar-refractivity contribution is -0.301. The highest BCUT2D eigenvalue weighted by Crippen LogP contribution is 2.26. The number of aliphatic hydroxyl groups excluding tert-OH is 2. The Balaban J connectivity index is 2.79. The van der Waals surface area contributed by atoms with Gasteiger partial charge in [-0.1, -0.05) is 180 Å². The average Bonchev–Trinajstić information content (AvgIpc) is 3.39. The molecule has 1 rings (SSSR count). The predicted molar refractivity (Wildman–Crippen MR) is 303 cm³/mol. The van der Waals surface area contributed by atoms with E-state index < -0.39 is 67.3 Å². The Morgan fingerprint density at radius 1 is 0.440 bits per heavy atom. The second-order valence-electron chi connectivity index (χ2n) is 18.4. The van der Waals surface area contributed by atoms with Gasteiger partial charge in [0.1, 0.15) is 18.8 Å². The average molecular weight is 1050 g/mol. The molecule has 0 aromatic heterocycles. The van der Waals surface area contributed by atoms with E-state index in [1.54, 1.807) is 0 Å². The summed E-state index contributed by atoms with van der Waals surface area (Å²) in [5.74, 6) is -3.29. The van der Waals surface area contributed by atoms with Crippen LogP contribution in [0, 0.1) is 0 Å². The highest BCUT2D eigenvalue weighted by molar-refractivity contribution is 5.74. The van der Waals surface area contributed by atoms with Crippen LogP contribution in [0.2, 0.25) is 0 Å². The van der Waals surface area contributed by atoms with E-state index in [4.69, 9.17) is 23.7 Å². The Morgan fingerprint density at radius 3 is 1.27 bits per heavy atom. The van der Waals surface area contributed by atoms with Crippen LogP contribution >= 0.6 is 0 Å². The molecule has 0 bridgehead atoms. The lowest BCUT2D eigenvalue weighted by atomic mass is 9.98. The molecule has 3 N–H and O–H groups in total. The normalized spacial score (nSPS) is 19.2. The summed E-state index contributed by atoms with van der Waals surface area (Å²) in [6.45, 7) is 5.54. The van der Waals surface area contributed by atoms with Crippen molar-refractivity contribution >= 4 is 23.9 Å². The van der Waals surface area contributed by atoms with Gasteiger partial charge in [0.05, 0.1) is 6.61 Å². The number of allylic oxidation sites excluding steroid dienone is 22. The monoisotopic (exact) mass is 1040 g/mol. The molecule has 1 saturated heterocycles. The van der Waals surface area contributed by atoms with Crippen molar-refractivity contribution < 1.29 is 58.2 Å². The van der Waals surface area contributed by atoms with E-state index >= 15 is 0 Å². The van der Waals surface area contributed by atoms with Gasteiger partial charge in [-0.15, -0.1) is 0 Å². The second kappa shape index (κ2) is 49.7. The lowest BCUT2D eigenvalue weighted by Crippen LogP contribution is -2.61. The number of hydrogen-bond donors (Lipinski definition) is 3. The number of carbonyl (C=O) groups excluding carboxylic acids is 3. The molecule has 0 saturated carbocycles. The van der Waals surface area contributed by atoms with E-state index in [0.29, 0.717) is 25.7 Å². The Labute approximate surface area is 451 Å². The van der Waals surface area contributed by atoms with Crippen LogP contribution in [0.4, 0.5) is 0 Å². The standard InChI is InChI=1S/C63H96O12/c1-4-7-10-13-16-19-22-25-27-28-30-32-34-37-40-43-46-49-55(64)71-52-54(73-56(65)50-47-44-41-38-36-33-29-26-23-20-17-14-11-8-5-2)53-72-63-61(59(68)58(67)60(75-63)62(69)70)74-57(66)51-48-45-42-39-35-31-24-21-18-15-12-9-6-3/h7-12,16-21,25-27,29-32,35,37,40,54,58-61,63,67-68H,4-6,13-15,22-24,28,33-34,36,38-39,41-53H2,1-3H3,(H,69,70)/b10-7-,11-8-,12-9-,19-16-,20-17-,21-18-,27-25-,29-26-,32-30-,35-31-,40-37-. The van der Waals surface area contributed by atoms with Crippen molar-refractivity contribution in [1.29, 1.82) is 0 Å². The fourth-order valence-corrected chi connectivity index (χ4v) is 7.49. The molecule has 0 radical (unpaired) electrons. The van der Waals surface area contributed by atoms with Gasteiger partial charge in [0.25, 0.3) is 0 Å². The lowest BCUT2D eigenvalue weighted by Gasteiger charge is -2.40. The Hall–Kier alpha value is -5.14. The summed E-state index contributed by atoms with van der Waals surface area (Å²) in [6.07, 6.45) is 57.2. The Morgan fingerprint density at radius 2 is 0.813 bits per heavy atom. The summed E-state index contributed by atoms with van der Waals surface area (Å²) in [5.41, 5.74) is 0. The number of unbranched alkanes of at least 4 members (excludes halogenated alkanes) is 9. The summed E-state index contributed by atoms with van der Waals surface area (Å²) in [4.78, 5) is 51.0. The van der Waals surface area contributed by atoms with Gasteiger partial charge in [0.2, 0.25) is 0 Å². The zero-order chi connectivity index (χ0) is 54.7. The molecule has 0 spiro atoms. The Bertz CT molecular complexity index is 1810. The minimum absolute atomic E-state index is 0.00981. The highest BCUT2D eigenvalue weighted by atomic mass is 16.7. The maximum atomic E-state index is 13.1. The van der Waals surface area contributed by atoms with Gasteiger partial charge in [0.15, 0.2) is 24.6 Å². The van der Waals surface area contributed by atoms with Crippen LogP contribution in [-0.4, -0.2) is 89.2 Å². The molecule has 1 fully saturated rings. The topological polar surface area (TPSA) is 175 Å². The largest absolute Gasteiger partial charge is 0.479 e. The number of aliphatic hydroxyl groups is 2. The van der Waals surface area contributed by atoms with Gasteiger partial charge in [-0.05, 0) is 122 Å². The molecule has 1 aliphatic heterocycles. The number of hydrogen-bond acceptors (Lipinski definition) is 11. The molecule has 12 nitrogen and oxygen atoms in total. The van der Waals surface area contributed by atoms with Crippen molar-refractivity contribution in [3.05, 3.63) is 134 Å². The number of carbonyl (C=O) groups is 4. The number of carboxylic acid groups (broad SMARTS) is 1. The van der Waals surface area contributed by atoms with Crippen molar-refractivity contribution in [2.75, 3.05) is 13.2 Å². The number of ether oxygens (including phenoxy) is 5. The van der Waals surface area contributed by atoms with E-state index in [9.17, 15) is 34.5 Å². The van der Waals surface area contributed by atoms with Crippen LogP contribution < -0.4 is 0 Å². The number of aliphatic carboxylic acids is 1. The van der Waals surface area contributed by atoms with Crippen LogP contribution in [0.1, 0.15) is 188 Å². The van der Waals surface area contributed by atoms with E-state index in [1.807, 2.05) is 6.08 Å². The first-order valence-corrected chi connectivity index (χ1v) is 28.2. The van der Waals surface area contributed by atoms with Gasteiger partial charge in [-0.2, -0.15) is 0 Å².